The van der Waals surface area contributed by atoms with Crippen LogP contribution in [-0.2, 0) is 14.3 Å². The van der Waals surface area contributed by atoms with Gasteiger partial charge in [0.15, 0.2) is 0 Å². The maximum atomic E-state index is 12.6. The molecule has 3 rings (SSSR count). The zero-order valence-electron chi connectivity index (χ0n) is 15.3. The van der Waals surface area contributed by atoms with Crippen LogP contribution in [0.25, 0.3) is 11.1 Å². The molecule has 0 atom stereocenters. The smallest absolute Gasteiger partial charge is 0.248 e. The van der Waals surface area contributed by atoms with Crippen LogP contribution in [0.4, 0.5) is 5.69 Å². The van der Waals surface area contributed by atoms with Gasteiger partial charge in [-0.25, -0.2) is 0 Å². The number of rotatable bonds is 5. The summed E-state index contributed by atoms with van der Waals surface area (Å²) in [6.07, 6.45) is 1.32. The van der Waals surface area contributed by atoms with Crippen LogP contribution < -0.4 is 5.32 Å². The number of hydrogen-bond acceptors (Lipinski definition) is 3. The Balaban J connectivity index is 1.60. The van der Waals surface area contributed by atoms with E-state index < -0.39 is 0 Å². The fourth-order valence-corrected chi connectivity index (χ4v) is 3.49. The molecular weight excluding hydrogens is 364 g/mol. The molecule has 5 nitrogen and oxygen atoms in total. The molecule has 2 aromatic rings. The number of likely N-dealkylation sites (tertiary alicyclic amines) is 1. The maximum Gasteiger partial charge on any atom is 0.248 e. The number of nitrogens with one attached hydrogen (secondary N) is 1. The van der Waals surface area contributed by atoms with Crippen molar-refractivity contribution >= 4 is 29.1 Å². The van der Waals surface area contributed by atoms with Gasteiger partial charge >= 0.3 is 0 Å². The summed E-state index contributed by atoms with van der Waals surface area (Å²) in [5, 5.41) is 3.68. The van der Waals surface area contributed by atoms with Crippen molar-refractivity contribution in [1.82, 2.24) is 4.90 Å². The number of piperidine rings is 1. The average Bonchev–Trinajstić information content (AvgIpc) is 2.68. The van der Waals surface area contributed by atoms with Gasteiger partial charge in [0.25, 0.3) is 0 Å². The Kier molecular flexibility index (Phi) is 6.48. The number of carbonyl (C=O) groups is 2. The van der Waals surface area contributed by atoms with Gasteiger partial charge in [-0.1, -0.05) is 35.9 Å². The van der Waals surface area contributed by atoms with Crippen molar-refractivity contribution in [3.63, 3.8) is 0 Å². The van der Waals surface area contributed by atoms with E-state index >= 15 is 0 Å². The highest BCUT2D eigenvalue weighted by molar-refractivity contribution is 6.30. The summed E-state index contributed by atoms with van der Waals surface area (Å²) < 4.78 is 4.89. The van der Waals surface area contributed by atoms with Crippen molar-refractivity contribution in [2.45, 2.75) is 12.8 Å². The molecule has 1 aliphatic rings. The second-order valence-corrected chi connectivity index (χ2v) is 7.10. The Hall–Kier alpha value is -2.37. The Morgan fingerprint density at radius 3 is 2.44 bits per heavy atom. The molecule has 6 heteroatoms. The van der Waals surface area contributed by atoms with E-state index in [4.69, 9.17) is 16.3 Å². The molecule has 0 aromatic heterocycles. The molecule has 0 radical (unpaired) electrons. The topological polar surface area (TPSA) is 58.6 Å². The van der Waals surface area contributed by atoms with Gasteiger partial charge in [-0.05, 0) is 48.2 Å². The Labute approximate surface area is 164 Å². The minimum Gasteiger partial charge on any atom is -0.375 e. The summed E-state index contributed by atoms with van der Waals surface area (Å²) >= 11 is 6.07. The van der Waals surface area contributed by atoms with E-state index in [1.807, 2.05) is 48.5 Å². The second-order valence-electron chi connectivity index (χ2n) is 6.67. The van der Waals surface area contributed by atoms with Gasteiger partial charge in [0.05, 0.1) is 0 Å². The van der Waals surface area contributed by atoms with E-state index in [0.717, 1.165) is 16.8 Å². The largest absolute Gasteiger partial charge is 0.375 e. The molecule has 142 valence electrons. The van der Waals surface area contributed by atoms with Crippen LogP contribution in [0, 0.1) is 5.92 Å². The summed E-state index contributed by atoms with van der Waals surface area (Å²) in [5.41, 5.74) is 2.76. The van der Waals surface area contributed by atoms with Crippen molar-refractivity contribution in [2.75, 3.05) is 32.1 Å². The van der Waals surface area contributed by atoms with Gasteiger partial charge in [-0.2, -0.15) is 0 Å². The van der Waals surface area contributed by atoms with E-state index in [1.54, 1.807) is 4.90 Å². The van der Waals surface area contributed by atoms with Gasteiger partial charge in [-0.3, -0.25) is 9.59 Å². The normalized spacial score (nSPS) is 14.8. The molecule has 2 amide bonds. The molecule has 1 N–H and O–H groups in total. The fraction of sp³-hybridized carbons (Fsp3) is 0.333. The predicted molar refractivity (Wildman–Crippen MR) is 107 cm³/mol. The second kappa shape index (κ2) is 9.02. The van der Waals surface area contributed by atoms with Crippen molar-refractivity contribution in [1.29, 1.82) is 0 Å². The number of benzene rings is 2. The van der Waals surface area contributed by atoms with Gasteiger partial charge in [0, 0.05) is 36.8 Å². The van der Waals surface area contributed by atoms with Crippen LogP contribution in [0.5, 0.6) is 0 Å². The summed E-state index contributed by atoms with van der Waals surface area (Å²) in [6.45, 7) is 1.26. The highest BCUT2D eigenvalue weighted by atomic mass is 35.5. The van der Waals surface area contributed by atoms with E-state index in [-0.39, 0.29) is 24.3 Å². The number of carbonyl (C=O) groups excluding carboxylic acids is 2. The summed E-state index contributed by atoms with van der Waals surface area (Å²) in [7, 11) is 1.51. The highest BCUT2D eigenvalue weighted by Crippen LogP contribution is 2.26. The lowest BCUT2D eigenvalue weighted by Crippen LogP contribution is -2.42. The van der Waals surface area contributed by atoms with Crippen molar-refractivity contribution in [2.24, 2.45) is 5.92 Å². The third-order valence-electron chi connectivity index (χ3n) is 4.77. The standard InChI is InChI=1S/C21H23ClN2O3/c1-27-14-20(25)24-10-8-15(9-11-24)21(26)23-19-7-3-5-17(13-19)16-4-2-6-18(22)12-16/h2-7,12-13,15H,8-11,14H2,1H3,(H,23,26). The molecule has 2 aromatic carbocycles. The van der Waals surface area contributed by atoms with Gasteiger partial charge in [0.1, 0.15) is 6.61 Å². The lowest BCUT2D eigenvalue weighted by molar-refractivity contribution is -0.138. The van der Waals surface area contributed by atoms with E-state index in [1.165, 1.54) is 7.11 Å². The van der Waals surface area contributed by atoms with Crippen LogP contribution in [0.15, 0.2) is 48.5 Å². The molecule has 0 saturated carbocycles. The fourth-order valence-electron chi connectivity index (χ4n) is 3.29. The van der Waals surface area contributed by atoms with Crippen LogP contribution >= 0.6 is 11.6 Å². The van der Waals surface area contributed by atoms with Crippen molar-refractivity contribution in [3.05, 3.63) is 53.6 Å². The maximum absolute atomic E-state index is 12.6. The van der Waals surface area contributed by atoms with Crippen LogP contribution in [0.2, 0.25) is 5.02 Å². The molecular formula is C21H23ClN2O3. The molecule has 0 unspecified atom stereocenters. The third-order valence-corrected chi connectivity index (χ3v) is 5.01. The first-order valence-electron chi connectivity index (χ1n) is 9.00. The van der Waals surface area contributed by atoms with E-state index in [9.17, 15) is 9.59 Å². The SMILES string of the molecule is COCC(=O)N1CCC(C(=O)Nc2cccc(-c3cccc(Cl)c3)c2)CC1. The molecule has 0 aliphatic carbocycles. The number of amides is 2. The molecule has 1 heterocycles. The van der Waals surface area contributed by atoms with Gasteiger partial charge < -0.3 is 15.0 Å². The first kappa shape index (κ1) is 19.4. The van der Waals surface area contributed by atoms with Crippen LogP contribution in [-0.4, -0.2) is 43.5 Å². The summed E-state index contributed by atoms with van der Waals surface area (Å²) in [6, 6.07) is 15.3. The minimum absolute atomic E-state index is 0.00270. The quantitative estimate of drug-likeness (QED) is 0.849. The number of halogens is 1. The predicted octanol–water partition coefficient (Wildman–Crippen LogP) is 3.83. The molecule has 1 fully saturated rings. The number of methoxy groups -OCH3 is 1. The molecule has 1 saturated heterocycles. The Morgan fingerprint density at radius 2 is 1.78 bits per heavy atom. The summed E-state index contributed by atoms with van der Waals surface area (Å²) in [5.74, 6) is -0.117. The number of anilines is 1. The summed E-state index contributed by atoms with van der Waals surface area (Å²) in [4.78, 5) is 26.2. The molecule has 27 heavy (non-hydrogen) atoms. The molecule has 1 aliphatic heterocycles. The van der Waals surface area contributed by atoms with Crippen LogP contribution in [0.3, 0.4) is 0 Å². The zero-order chi connectivity index (χ0) is 19.2. The van der Waals surface area contributed by atoms with Crippen molar-refractivity contribution < 1.29 is 14.3 Å². The minimum atomic E-state index is -0.0913. The number of hydrogen-bond donors (Lipinski definition) is 1. The zero-order valence-corrected chi connectivity index (χ0v) is 16.0. The average molecular weight is 387 g/mol. The monoisotopic (exact) mass is 386 g/mol. The van der Waals surface area contributed by atoms with E-state index in [2.05, 4.69) is 5.32 Å². The third kappa shape index (κ3) is 5.08. The molecule has 0 bridgehead atoms. The highest BCUT2D eigenvalue weighted by Gasteiger charge is 2.27. The number of ether oxygens (including phenoxy) is 1. The molecule has 0 spiro atoms. The van der Waals surface area contributed by atoms with Crippen molar-refractivity contribution in [3.8, 4) is 11.1 Å². The lowest BCUT2D eigenvalue weighted by atomic mass is 9.95. The lowest BCUT2D eigenvalue weighted by Gasteiger charge is -2.31. The van der Waals surface area contributed by atoms with Crippen LogP contribution in [0.1, 0.15) is 12.8 Å². The van der Waals surface area contributed by atoms with Gasteiger partial charge in [0.2, 0.25) is 11.8 Å². The van der Waals surface area contributed by atoms with E-state index in [0.29, 0.717) is 31.0 Å². The Bertz CT molecular complexity index is 817. The van der Waals surface area contributed by atoms with Gasteiger partial charge in [-0.15, -0.1) is 0 Å². The first-order chi connectivity index (χ1) is 13.1. The first-order valence-corrected chi connectivity index (χ1v) is 9.38. The number of nitrogens with zero attached hydrogens (tertiary/aromatic N) is 1. The Morgan fingerprint density at radius 1 is 1.11 bits per heavy atom.